The first kappa shape index (κ1) is 19.5. The van der Waals surface area contributed by atoms with Crippen LogP contribution in [0, 0.1) is 5.41 Å². The Kier molecular flexibility index (Phi) is 6.05. The lowest BCUT2D eigenvalue weighted by Gasteiger charge is -2.20. The van der Waals surface area contributed by atoms with Gasteiger partial charge in [-0.05, 0) is 35.6 Å². The maximum atomic E-state index is 11.8. The number of amidine groups is 1. The van der Waals surface area contributed by atoms with Crippen LogP contribution in [0.25, 0.3) is 16.8 Å². The van der Waals surface area contributed by atoms with Crippen molar-refractivity contribution in [2.24, 2.45) is 22.6 Å². The Morgan fingerprint density at radius 2 is 1.73 bits per heavy atom. The maximum absolute atomic E-state index is 11.8. The highest BCUT2D eigenvalue weighted by molar-refractivity contribution is 7.93. The molecule has 0 amide bonds. The number of nitrogens with zero attached hydrogens (tertiary/aromatic N) is 1. The van der Waals surface area contributed by atoms with Gasteiger partial charge in [-0.1, -0.05) is 30.3 Å². The van der Waals surface area contributed by atoms with Gasteiger partial charge in [-0.3, -0.25) is 22.2 Å². The molecule has 2 aromatic rings. The molecule has 1 aromatic heterocycles. The number of hydrogen-bond donors (Lipinski definition) is 6. The van der Waals surface area contributed by atoms with E-state index in [4.69, 9.17) is 16.3 Å². The summed E-state index contributed by atoms with van der Waals surface area (Å²) in [6, 6.07) is 9.42. The Hall–Kier alpha value is -2.79. The zero-order valence-corrected chi connectivity index (χ0v) is 14.8. The lowest BCUT2D eigenvalue weighted by molar-refractivity contribution is 0.604. The number of H-pyrrole nitrogens is 1. The number of nitrogens with two attached hydrogens (primary N) is 4. The summed E-state index contributed by atoms with van der Waals surface area (Å²) in [5, 5.41) is 19.9. The molecule has 0 saturated heterocycles. The van der Waals surface area contributed by atoms with Gasteiger partial charge in [-0.2, -0.15) is 5.10 Å². The third-order valence-electron chi connectivity index (χ3n) is 3.89. The standard InChI is InChI=1S/C16H17N5O2S.H4N2/c17-16(18)15-12(2-1-3-14(15)24(19,22)23)10-4-6-11(7-5-10)13-8-9-20-21-13;1-2/h3-9H,1-2H2,(H3,17,18)(H,20,21)(H2,19,22,23);1-2H2. The van der Waals surface area contributed by atoms with Gasteiger partial charge in [-0.25, -0.2) is 13.6 Å². The van der Waals surface area contributed by atoms with Gasteiger partial charge >= 0.3 is 0 Å². The molecule has 10 heteroatoms. The van der Waals surface area contributed by atoms with Gasteiger partial charge in [0.05, 0.1) is 10.6 Å². The molecule has 0 spiro atoms. The number of hydrogen-bond acceptors (Lipinski definition) is 6. The van der Waals surface area contributed by atoms with E-state index in [0.717, 1.165) is 16.8 Å². The molecule has 1 aliphatic carbocycles. The number of benzene rings is 1. The molecule has 0 atom stereocenters. The molecule has 0 saturated carbocycles. The highest BCUT2D eigenvalue weighted by Gasteiger charge is 2.26. The molecule has 1 aliphatic rings. The third-order valence-corrected chi connectivity index (χ3v) is 4.88. The van der Waals surface area contributed by atoms with Crippen LogP contribution >= 0.6 is 0 Å². The fourth-order valence-corrected chi connectivity index (χ4v) is 3.70. The van der Waals surface area contributed by atoms with Crippen molar-refractivity contribution in [1.82, 2.24) is 10.2 Å². The van der Waals surface area contributed by atoms with Crippen LogP contribution in [-0.2, 0) is 10.0 Å². The van der Waals surface area contributed by atoms with Crippen molar-refractivity contribution in [3.63, 3.8) is 0 Å². The van der Waals surface area contributed by atoms with Crippen LogP contribution in [0.15, 0.2) is 53.1 Å². The Balaban J connectivity index is 0.00000117. The van der Waals surface area contributed by atoms with Gasteiger partial charge in [0, 0.05) is 11.8 Å². The summed E-state index contributed by atoms with van der Waals surface area (Å²) in [6.07, 6.45) is 4.32. The van der Waals surface area contributed by atoms with Crippen molar-refractivity contribution in [1.29, 1.82) is 5.41 Å². The summed E-state index contributed by atoms with van der Waals surface area (Å²) in [5.74, 6) is 7.70. The summed E-state index contributed by atoms with van der Waals surface area (Å²) >= 11 is 0. The monoisotopic (exact) mass is 375 g/mol. The van der Waals surface area contributed by atoms with Crippen LogP contribution < -0.4 is 22.6 Å². The fourth-order valence-electron chi connectivity index (χ4n) is 2.83. The number of hydrazine groups is 1. The van der Waals surface area contributed by atoms with E-state index in [1.165, 1.54) is 6.08 Å². The molecular formula is C16H21N7O2S. The first-order valence-corrected chi connectivity index (χ1v) is 9.17. The van der Waals surface area contributed by atoms with Gasteiger partial charge in [0.2, 0.25) is 10.0 Å². The van der Waals surface area contributed by atoms with Crippen molar-refractivity contribution in [2.45, 2.75) is 12.8 Å². The summed E-state index contributed by atoms with van der Waals surface area (Å²) in [4.78, 5) is -0.0751. The van der Waals surface area contributed by atoms with Crippen molar-refractivity contribution < 1.29 is 8.42 Å². The smallest absolute Gasteiger partial charge is 0.238 e. The number of aromatic amines is 1. The number of primary sulfonamides is 1. The zero-order valence-electron chi connectivity index (χ0n) is 13.9. The van der Waals surface area contributed by atoms with E-state index in [-0.39, 0.29) is 16.3 Å². The fraction of sp³-hybridized carbons (Fsp3) is 0.125. The van der Waals surface area contributed by atoms with Gasteiger partial charge in [0.25, 0.3) is 0 Å². The summed E-state index contributed by atoms with van der Waals surface area (Å²) < 4.78 is 23.6. The van der Waals surface area contributed by atoms with Crippen molar-refractivity contribution in [3.8, 4) is 11.3 Å². The molecule has 9 nitrogen and oxygen atoms in total. The van der Waals surface area contributed by atoms with Crippen LogP contribution in [0.5, 0.6) is 0 Å². The van der Waals surface area contributed by atoms with Gasteiger partial charge in [0.1, 0.15) is 5.84 Å². The molecule has 3 rings (SSSR count). The van der Waals surface area contributed by atoms with Crippen molar-refractivity contribution in [2.75, 3.05) is 0 Å². The number of nitrogens with one attached hydrogen (secondary N) is 2. The minimum Gasteiger partial charge on any atom is -0.384 e. The first-order chi connectivity index (χ1) is 12.4. The van der Waals surface area contributed by atoms with Gasteiger partial charge < -0.3 is 5.73 Å². The van der Waals surface area contributed by atoms with Crippen LogP contribution in [-0.4, -0.2) is 24.5 Å². The summed E-state index contributed by atoms with van der Waals surface area (Å²) in [6.45, 7) is 0. The van der Waals surface area contributed by atoms with Gasteiger partial charge in [0.15, 0.2) is 0 Å². The highest BCUT2D eigenvalue weighted by Crippen LogP contribution is 2.34. The lowest BCUT2D eigenvalue weighted by atomic mass is 9.90. The van der Waals surface area contributed by atoms with Gasteiger partial charge in [-0.15, -0.1) is 0 Å². The minimum atomic E-state index is -3.94. The Labute approximate surface area is 151 Å². The Morgan fingerprint density at radius 3 is 2.23 bits per heavy atom. The van der Waals surface area contributed by atoms with Crippen LogP contribution in [0.1, 0.15) is 18.4 Å². The molecule has 0 bridgehead atoms. The number of rotatable bonds is 4. The number of aromatic nitrogens is 2. The molecule has 1 heterocycles. The molecule has 138 valence electrons. The Morgan fingerprint density at radius 1 is 1.12 bits per heavy atom. The lowest BCUT2D eigenvalue weighted by Crippen LogP contribution is -2.26. The molecule has 0 radical (unpaired) electrons. The van der Waals surface area contributed by atoms with E-state index < -0.39 is 10.0 Å². The SMILES string of the molecule is N=C(N)C1=C(c2ccc(-c3ccn[nH]3)cc2)CCC=C1S(N)(=O)=O.NN. The van der Waals surface area contributed by atoms with Crippen LogP contribution in [0.3, 0.4) is 0 Å². The van der Waals surface area contributed by atoms with E-state index in [9.17, 15) is 8.42 Å². The van der Waals surface area contributed by atoms with E-state index >= 15 is 0 Å². The second kappa shape index (κ2) is 8.06. The van der Waals surface area contributed by atoms with Crippen LogP contribution in [0.2, 0.25) is 0 Å². The molecule has 10 N–H and O–H groups in total. The van der Waals surface area contributed by atoms with E-state index in [2.05, 4.69) is 21.9 Å². The second-order valence-electron chi connectivity index (χ2n) is 5.47. The molecule has 26 heavy (non-hydrogen) atoms. The summed E-state index contributed by atoms with van der Waals surface area (Å²) in [5.41, 5.74) is 9.21. The third kappa shape index (κ3) is 4.06. The topological polar surface area (TPSA) is 191 Å². The highest BCUT2D eigenvalue weighted by atomic mass is 32.2. The first-order valence-electron chi connectivity index (χ1n) is 7.62. The van der Waals surface area contributed by atoms with Crippen molar-refractivity contribution >= 4 is 21.4 Å². The molecule has 0 aliphatic heterocycles. The number of allylic oxidation sites excluding steroid dienone is 2. The zero-order chi connectivity index (χ0) is 19.3. The Bertz CT molecular complexity index is 943. The quantitative estimate of drug-likeness (QED) is 0.195. The molecule has 0 fully saturated rings. The normalized spacial score (nSPS) is 14.3. The van der Waals surface area contributed by atoms with Crippen molar-refractivity contribution in [3.05, 3.63) is 58.6 Å². The summed E-state index contributed by atoms with van der Waals surface area (Å²) in [7, 11) is -3.94. The molecular weight excluding hydrogens is 354 g/mol. The predicted molar refractivity (Wildman–Crippen MR) is 102 cm³/mol. The van der Waals surface area contributed by atoms with E-state index in [1.807, 2.05) is 30.3 Å². The largest absolute Gasteiger partial charge is 0.384 e. The average Bonchev–Trinajstić information content (AvgIpc) is 3.17. The minimum absolute atomic E-state index is 0.0751. The predicted octanol–water partition coefficient (Wildman–Crippen LogP) is 0.551. The van der Waals surface area contributed by atoms with E-state index in [1.54, 1.807) is 6.20 Å². The molecule has 0 unspecified atom stereocenters. The van der Waals surface area contributed by atoms with E-state index in [0.29, 0.717) is 18.4 Å². The molecule has 1 aromatic carbocycles. The maximum Gasteiger partial charge on any atom is 0.238 e. The number of sulfonamides is 1. The van der Waals surface area contributed by atoms with Crippen LogP contribution in [0.4, 0.5) is 0 Å². The second-order valence-corrected chi connectivity index (χ2v) is 7.00. The average molecular weight is 375 g/mol.